The summed E-state index contributed by atoms with van der Waals surface area (Å²) >= 11 is 0. The van der Waals surface area contributed by atoms with Gasteiger partial charge in [0, 0.05) is 25.6 Å². The maximum atomic E-state index is 12.4. The first-order valence-electron chi connectivity index (χ1n) is 8.64. The fraction of sp³-hybridized carbons (Fsp3) is 0.333. The zero-order valence-corrected chi connectivity index (χ0v) is 14.8. The molecule has 0 saturated heterocycles. The van der Waals surface area contributed by atoms with E-state index in [0.29, 0.717) is 18.7 Å². The molecule has 1 aliphatic rings. The molecule has 0 fully saturated rings. The zero-order valence-electron chi connectivity index (χ0n) is 14.8. The molecule has 0 radical (unpaired) electrons. The maximum Gasteiger partial charge on any atom is 0.251 e. The van der Waals surface area contributed by atoms with Crippen molar-refractivity contribution in [2.24, 2.45) is 5.41 Å². The summed E-state index contributed by atoms with van der Waals surface area (Å²) in [5.74, 6) is -0.115. The summed E-state index contributed by atoms with van der Waals surface area (Å²) in [7, 11) is 0. The normalized spacial score (nSPS) is 14.6. The summed E-state index contributed by atoms with van der Waals surface area (Å²) in [4.78, 5) is 23.4. The van der Waals surface area contributed by atoms with Gasteiger partial charge in [-0.25, -0.2) is 0 Å². The average molecular weight is 336 g/mol. The first kappa shape index (κ1) is 17.2. The number of fused-ring (bicyclic) bond motifs is 1. The van der Waals surface area contributed by atoms with E-state index in [1.165, 1.54) is 18.1 Å². The first-order chi connectivity index (χ1) is 12.0. The monoisotopic (exact) mass is 336 g/mol. The molecule has 4 heteroatoms. The van der Waals surface area contributed by atoms with E-state index in [1.807, 2.05) is 12.1 Å². The van der Waals surface area contributed by atoms with Crippen LogP contribution in [0.15, 0.2) is 48.5 Å². The van der Waals surface area contributed by atoms with Crippen molar-refractivity contribution in [1.29, 1.82) is 0 Å². The second kappa shape index (κ2) is 7.09. The van der Waals surface area contributed by atoms with E-state index in [9.17, 15) is 9.59 Å². The molecule has 0 aliphatic heterocycles. The number of benzene rings is 2. The fourth-order valence-electron chi connectivity index (χ4n) is 3.41. The van der Waals surface area contributed by atoms with Crippen molar-refractivity contribution >= 4 is 11.8 Å². The molecular weight excluding hydrogens is 312 g/mol. The third-order valence-electron chi connectivity index (χ3n) is 4.79. The minimum absolute atomic E-state index is 0.0525. The Morgan fingerprint density at radius 2 is 1.56 bits per heavy atom. The molecule has 4 nitrogen and oxygen atoms in total. The molecule has 0 atom stereocenters. The molecule has 130 valence electrons. The van der Waals surface area contributed by atoms with Crippen LogP contribution in [0.2, 0.25) is 0 Å². The van der Waals surface area contributed by atoms with E-state index in [4.69, 9.17) is 0 Å². The molecule has 0 aromatic heterocycles. The van der Waals surface area contributed by atoms with Crippen molar-refractivity contribution in [3.63, 3.8) is 0 Å². The molecule has 2 N–H and O–H groups in total. The smallest absolute Gasteiger partial charge is 0.251 e. The summed E-state index contributed by atoms with van der Waals surface area (Å²) < 4.78 is 0. The van der Waals surface area contributed by atoms with Crippen molar-refractivity contribution in [3.8, 4) is 0 Å². The van der Waals surface area contributed by atoms with Crippen LogP contribution >= 0.6 is 0 Å². The van der Waals surface area contributed by atoms with Gasteiger partial charge in [-0.2, -0.15) is 0 Å². The van der Waals surface area contributed by atoms with Crippen molar-refractivity contribution in [2.45, 2.75) is 33.2 Å². The van der Waals surface area contributed by atoms with Crippen LogP contribution < -0.4 is 10.6 Å². The molecule has 0 saturated carbocycles. The molecule has 1 aliphatic carbocycles. The Balaban J connectivity index is 1.55. The van der Waals surface area contributed by atoms with Crippen LogP contribution in [0.4, 0.5) is 0 Å². The van der Waals surface area contributed by atoms with Gasteiger partial charge in [-0.3, -0.25) is 9.59 Å². The first-order valence-corrected chi connectivity index (χ1v) is 8.64. The molecule has 0 heterocycles. The number of hydrogen-bond acceptors (Lipinski definition) is 2. The van der Waals surface area contributed by atoms with E-state index in [2.05, 4.69) is 41.8 Å². The molecule has 2 amide bonds. The third kappa shape index (κ3) is 4.27. The maximum absolute atomic E-state index is 12.4. The molecule has 3 rings (SSSR count). The van der Waals surface area contributed by atoms with Crippen LogP contribution in [0.5, 0.6) is 0 Å². The van der Waals surface area contributed by atoms with Crippen LogP contribution in [0.1, 0.15) is 40.9 Å². The molecule has 0 spiro atoms. The average Bonchev–Trinajstić information content (AvgIpc) is 2.95. The van der Waals surface area contributed by atoms with Crippen LogP contribution in [0.3, 0.4) is 0 Å². The number of hydrogen-bond donors (Lipinski definition) is 2. The van der Waals surface area contributed by atoms with Gasteiger partial charge in [0.25, 0.3) is 5.91 Å². The highest BCUT2D eigenvalue weighted by atomic mass is 16.2. The lowest BCUT2D eigenvalue weighted by Gasteiger charge is -2.24. The van der Waals surface area contributed by atoms with Gasteiger partial charge in [-0.05, 0) is 47.1 Å². The van der Waals surface area contributed by atoms with Crippen molar-refractivity contribution < 1.29 is 9.59 Å². The Labute approximate surface area is 148 Å². The number of carbonyl (C=O) groups is 2. The summed E-state index contributed by atoms with van der Waals surface area (Å²) in [6.07, 6.45) is 2.00. The highest BCUT2D eigenvalue weighted by molar-refractivity contribution is 5.94. The summed E-state index contributed by atoms with van der Waals surface area (Å²) in [6.45, 7) is 4.86. The molecule has 2 aromatic rings. The van der Waals surface area contributed by atoms with Gasteiger partial charge in [-0.1, -0.05) is 43.3 Å². The van der Waals surface area contributed by atoms with Crippen LogP contribution in [0, 0.1) is 5.41 Å². The molecular formula is C21H24N2O2. The highest BCUT2D eigenvalue weighted by Crippen LogP contribution is 2.35. The van der Waals surface area contributed by atoms with Gasteiger partial charge < -0.3 is 10.6 Å². The predicted octanol–water partition coefficient (Wildman–Crippen LogP) is 2.86. The Morgan fingerprint density at radius 3 is 2.12 bits per heavy atom. The number of amides is 2. The predicted molar refractivity (Wildman–Crippen MR) is 98.3 cm³/mol. The molecule has 25 heavy (non-hydrogen) atoms. The van der Waals surface area contributed by atoms with Gasteiger partial charge in [0.2, 0.25) is 5.91 Å². The van der Waals surface area contributed by atoms with Crippen molar-refractivity contribution in [1.82, 2.24) is 10.6 Å². The number of rotatable bonds is 5. The molecule has 0 unspecified atom stereocenters. The Kier molecular flexibility index (Phi) is 4.88. The highest BCUT2D eigenvalue weighted by Gasteiger charge is 2.32. The lowest BCUT2D eigenvalue weighted by atomic mass is 9.87. The summed E-state index contributed by atoms with van der Waals surface area (Å²) in [5.41, 5.74) is 4.48. The second-order valence-electron chi connectivity index (χ2n) is 7.22. The van der Waals surface area contributed by atoms with Crippen molar-refractivity contribution in [2.75, 3.05) is 6.54 Å². The largest absolute Gasteiger partial charge is 0.352 e. The van der Waals surface area contributed by atoms with Crippen LogP contribution in [-0.4, -0.2) is 18.4 Å². The number of carbonyl (C=O) groups excluding carboxylic acids is 2. The standard InChI is InChI=1S/C21H24N2O2/c1-15(24)22-13-16-7-9-17(10-8-16)20(25)23-14-21(2)11-18-5-3-4-6-19(18)12-21/h3-10H,11-14H2,1-2H3,(H,22,24)(H,23,25). The van der Waals surface area contributed by atoms with Gasteiger partial charge >= 0.3 is 0 Å². The Bertz CT molecular complexity index is 756. The zero-order chi connectivity index (χ0) is 17.9. The lowest BCUT2D eigenvalue weighted by molar-refractivity contribution is -0.119. The van der Waals surface area contributed by atoms with E-state index in [0.717, 1.165) is 18.4 Å². The van der Waals surface area contributed by atoms with Gasteiger partial charge in [0.1, 0.15) is 0 Å². The topological polar surface area (TPSA) is 58.2 Å². The Morgan fingerprint density at radius 1 is 0.960 bits per heavy atom. The van der Waals surface area contributed by atoms with Crippen molar-refractivity contribution in [3.05, 3.63) is 70.8 Å². The summed E-state index contributed by atoms with van der Waals surface area (Å²) in [6, 6.07) is 15.9. The lowest BCUT2D eigenvalue weighted by Crippen LogP contribution is -2.36. The molecule has 2 aromatic carbocycles. The second-order valence-corrected chi connectivity index (χ2v) is 7.22. The van der Waals surface area contributed by atoms with Gasteiger partial charge in [0.15, 0.2) is 0 Å². The van der Waals surface area contributed by atoms with E-state index >= 15 is 0 Å². The minimum Gasteiger partial charge on any atom is -0.352 e. The van der Waals surface area contributed by atoms with E-state index in [-0.39, 0.29) is 17.2 Å². The molecule has 0 bridgehead atoms. The fourth-order valence-corrected chi connectivity index (χ4v) is 3.41. The van der Waals surface area contributed by atoms with E-state index < -0.39 is 0 Å². The Hall–Kier alpha value is -2.62. The quantitative estimate of drug-likeness (QED) is 0.882. The van der Waals surface area contributed by atoms with Crippen LogP contribution in [0.25, 0.3) is 0 Å². The SMILES string of the molecule is CC(=O)NCc1ccc(C(=O)NCC2(C)Cc3ccccc3C2)cc1. The third-order valence-corrected chi connectivity index (χ3v) is 4.79. The van der Waals surface area contributed by atoms with Gasteiger partial charge in [0.05, 0.1) is 0 Å². The summed E-state index contributed by atoms with van der Waals surface area (Å²) in [5, 5.41) is 5.82. The van der Waals surface area contributed by atoms with Gasteiger partial charge in [-0.15, -0.1) is 0 Å². The minimum atomic E-state index is -0.0624. The number of nitrogens with one attached hydrogen (secondary N) is 2. The van der Waals surface area contributed by atoms with Crippen LogP contribution in [-0.2, 0) is 24.2 Å². The van der Waals surface area contributed by atoms with E-state index in [1.54, 1.807) is 12.1 Å².